The van der Waals surface area contributed by atoms with Gasteiger partial charge in [-0.25, -0.2) is 4.39 Å². The van der Waals surface area contributed by atoms with Crippen LogP contribution >= 0.6 is 0 Å². The number of nitrogens with one attached hydrogen (secondary N) is 1. The molecule has 0 aliphatic heterocycles. The van der Waals surface area contributed by atoms with Gasteiger partial charge in [0, 0.05) is 18.3 Å². The van der Waals surface area contributed by atoms with Crippen LogP contribution in [-0.4, -0.2) is 13.0 Å². The Kier molecular flexibility index (Phi) is 4.20. The Morgan fingerprint density at radius 1 is 1.30 bits per heavy atom. The highest BCUT2D eigenvalue weighted by Crippen LogP contribution is 2.16. The summed E-state index contributed by atoms with van der Waals surface area (Å²) in [6.45, 7) is 0.287. The van der Waals surface area contributed by atoms with Gasteiger partial charge in [0.25, 0.3) is 5.91 Å². The van der Waals surface area contributed by atoms with Crippen LogP contribution in [-0.2, 0) is 6.54 Å². The van der Waals surface area contributed by atoms with E-state index in [0.29, 0.717) is 11.4 Å². The molecule has 0 spiro atoms. The first-order valence-corrected chi connectivity index (χ1v) is 6.06. The van der Waals surface area contributed by atoms with Gasteiger partial charge in [0.1, 0.15) is 11.6 Å². The van der Waals surface area contributed by atoms with Gasteiger partial charge in [-0.3, -0.25) is 4.79 Å². The normalized spacial score (nSPS) is 10.1. The zero-order chi connectivity index (χ0) is 14.5. The largest absolute Gasteiger partial charge is 0.497 e. The van der Waals surface area contributed by atoms with Crippen LogP contribution in [0.5, 0.6) is 5.75 Å². The number of carbonyl (C=O) groups excluding carboxylic acids is 1. The van der Waals surface area contributed by atoms with Gasteiger partial charge in [-0.15, -0.1) is 0 Å². The summed E-state index contributed by atoms with van der Waals surface area (Å²) in [5, 5.41) is 2.65. The SMILES string of the molecule is COc1ccc(C(=O)NCc2cccc(N)c2)c(F)c1. The van der Waals surface area contributed by atoms with E-state index in [4.69, 9.17) is 10.5 Å². The monoisotopic (exact) mass is 274 g/mol. The number of methoxy groups -OCH3 is 1. The number of nitrogens with two attached hydrogens (primary N) is 1. The maximum Gasteiger partial charge on any atom is 0.254 e. The number of benzene rings is 2. The Morgan fingerprint density at radius 2 is 2.10 bits per heavy atom. The highest BCUT2D eigenvalue weighted by molar-refractivity contribution is 5.94. The predicted molar refractivity (Wildman–Crippen MR) is 75.0 cm³/mol. The Bertz CT molecular complexity index is 629. The summed E-state index contributed by atoms with van der Waals surface area (Å²) in [6.07, 6.45) is 0. The van der Waals surface area contributed by atoms with Crippen LogP contribution in [0.15, 0.2) is 42.5 Å². The van der Waals surface area contributed by atoms with Crippen molar-refractivity contribution in [2.45, 2.75) is 6.54 Å². The number of rotatable bonds is 4. The molecule has 0 bridgehead atoms. The van der Waals surface area contributed by atoms with Gasteiger partial charge in [0.05, 0.1) is 12.7 Å². The molecule has 0 aromatic heterocycles. The summed E-state index contributed by atoms with van der Waals surface area (Å²) in [5.41, 5.74) is 7.10. The Morgan fingerprint density at radius 3 is 2.75 bits per heavy atom. The molecule has 0 aliphatic rings. The summed E-state index contributed by atoms with van der Waals surface area (Å²) in [6, 6.07) is 11.3. The zero-order valence-corrected chi connectivity index (χ0v) is 11.0. The van der Waals surface area contributed by atoms with Crippen molar-refractivity contribution in [1.29, 1.82) is 0 Å². The minimum Gasteiger partial charge on any atom is -0.497 e. The van der Waals surface area contributed by atoms with Crippen LogP contribution in [0.1, 0.15) is 15.9 Å². The van der Waals surface area contributed by atoms with Gasteiger partial charge in [0.15, 0.2) is 0 Å². The van der Waals surface area contributed by atoms with Gasteiger partial charge >= 0.3 is 0 Å². The van der Waals surface area contributed by atoms with Gasteiger partial charge in [-0.2, -0.15) is 0 Å². The lowest BCUT2D eigenvalue weighted by atomic mass is 10.1. The van der Waals surface area contributed by atoms with Gasteiger partial charge in [0.2, 0.25) is 0 Å². The molecular weight excluding hydrogens is 259 g/mol. The van der Waals surface area contributed by atoms with E-state index in [1.165, 1.54) is 19.2 Å². The lowest BCUT2D eigenvalue weighted by Gasteiger charge is -2.08. The van der Waals surface area contributed by atoms with E-state index in [-0.39, 0.29) is 12.1 Å². The van der Waals surface area contributed by atoms with Crippen molar-refractivity contribution >= 4 is 11.6 Å². The molecule has 0 saturated carbocycles. The summed E-state index contributed by atoms with van der Waals surface area (Å²) in [7, 11) is 1.44. The van der Waals surface area contributed by atoms with E-state index in [0.717, 1.165) is 5.56 Å². The van der Waals surface area contributed by atoms with Crippen molar-refractivity contribution in [3.63, 3.8) is 0 Å². The summed E-state index contributed by atoms with van der Waals surface area (Å²) in [4.78, 5) is 11.9. The topological polar surface area (TPSA) is 64.3 Å². The van der Waals surface area contributed by atoms with Crippen LogP contribution in [0.25, 0.3) is 0 Å². The number of anilines is 1. The molecular formula is C15H15FN2O2. The van der Waals surface area contributed by atoms with Crippen LogP contribution in [0, 0.1) is 5.82 Å². The Balaban J connectivity index is 2.05. The van der Waals surface area contributed by atoms with Crippen LogP contribution < -0.4 is 15.8 Å². The van der Waals surface area contributed by atoms with Crippen LogP contribution in [0.4, 0.5) is 10.1 Å². The van der Waals surface area contributed by atoms with E-state index in [9.17, 15) is 9.18 Å². The molecule has 104 valence electrons. The van der Waals surface area contributed by atoms with Crippen molar-refractivity contribution in [3.8, 4) is 5.75 Å². The molecule has 3 N–H and O–H groups in total. The molecule has 5 heteroatoms. The molecule has 2 rings (SSSR count). The number of halogens is 1. The third kappa shape index (κ3) is 3.26. The lowest BCUT2D eigenvalue weighted by molar-refractivity contribution is 0.0947. The third-order valence-electron chi connectivity index (χ3n) is 2.82. The number of ether oxygens (including phenoxy) is 1. The third-order valence-corrected chi connectivity index (χ3v) is 2.82. The van der Waals surface area contributed by atoms with E-state index >= 15 is 0 Å². The van der Waals surface area contributed by atoms with Crippen molar-refractivity contribution in [2.24, 2.45) is 0 Å². The fourth-order valence-corrected chi connectivity index (χ4v) is 1.79. The maximum atomic E-state index is 13.7. The quantitative estimate of drug-likeness (QED) is 0.841. The highest BCUT2D eigenvalue weighted by atomic mass is 19.1. The van der Waals surface area contributed by atoms with E-state index < -0.39 is 11.7 Å². The van der Waals surface area contributed by atoms with E-state index in [1.54, 1.807) is 24.3 Å². The van der Waals surface area contributed by atoms with Gasteiger partial charge in [-0.1, -0.05) is 12.1 Å². The van der Waals surface area contributed by atoms with Crippen molar-refractivity contribution in [3.05, 3.63) is 59.4 Å². The Hall–Kier alpha value is -2.56. The molecule has 0 aliphatic carbocycles. The van der Waals surface area contributed by atoms with Crippen LogP contribution in [0.2, 0.25) is 0 Å². The molecule has 0 fully saturated rings. The zero-order valence-electron chi connectivity index (χ0n) is 11.0. The minimum atomic E-state index is -0.616. The average molecular weight is 274 g/mol. The molecule has 0 saturated heterocycles. The number of carbonyl (C=O) groups is 1. The van der Waals surface area contributed by atoms with Gasteiger partial charge in [-0.05, 0) is 29.8 Å². The fraction of sp³-hybridized carbons (Fsp3) is 0.133. The predicted octanol–water partition coefficient (Wildman–Crippen LogP) is 2.35. The Labute approximate surface area is 116 Å². The van der Waals surface area contributed by atoms with E-state index in [2.05, 4.69) is 5.32 Å². The molecule has 1 amide bonds. The lowest BCUT2D eigenvalue weighted by Crippen LogP contribution is -2.23. The second-order valence-corrected chi connectivity index (χ2v) is 4.27. The molecule has 0 heterocycles. The maximum absolute atomic E-state index is 13.7. The number of hydrogen-bond donors (Lipinski definition) is 2. The fourth-order valence-electron chi connectivity index (χ4n) is 1.79. The standard InChI is InChI=1S/C15H15FN2O2/c1-20-12-5-6-13(14(16)8-12)15(19)18-9-10-3-2-4-11(17)7-10/h2-8H,9,17H2,1H3,(H,18,19). The van der Waals surface area contributed by atoms with Crippen LogP contribution in [0.3, 0.4) is 0 Å². The minimum absolute atomic E-state index is 0.0188. The first-order chi connectivity index (χ1) is 9.60. The van der Waals surface area contributed by atoms with Gasteiger partial charge < -0.3 is 15.8 Å². The van der Waals surface area contributed by atoms with Crippen molar-refractivity contribution in [1.82, 2.24) is 5.32 Å². The summed E-state index contributed by atoms with van der Waals surface area (Å²) < 4.78 is 18.6. The molecule has 0 radical (unpaired) electrons. The number of amides is 1. The highest BCUT2D eigenvalue weighted by Gasteiger charge is 2.12. The van der Waals surface area contributed by atoms with Crippen molar-refractivity contribution < 1.29 is 13.9 Å². The summed E-state index contributed by atoms with van der Waals surface area (Å²) in [5.74, 6) is -0.725. The number of nitrogen functional groups attached to an aromatic ring is 1. The van der Waals surface area contributed by atoms with Crippen molar-refractivity contribution in [2.75, 3.05) is 12.8 Å². The smallest absolute Gasteiger partial charge is 0.254 e. The molecule has 2 aromatic carbocycles. The average Bonchev–Trinajstić information content (AvgIpc) is 2.44. The molecule has 2 aromatic rings. The van der Waals surface area contributed by atoms with E-state index in [1.807, 2.05) is 6.07 Å². The second-order valence-electron chi connectivity index (χ2n) is 4.27. The first kappa shape index (κ1) is 13.9. The molecule has 0 unspecified atom stereocenters. The number of hydrogen-bond acceptors (Lipinski definition) is 3. The molecule has 20 heavy (non-hydrogen) atoms. The molecule has 4 nitrogen and oxygen atoms in total. The molecule has 0 atom stereocenters. The second kappa shape index (κ2) is 6.06. The summed E-state index contributed by atoms with van der Waals surface area (Å²) >= 11 is 0. The first-order valence-electron chi connectivity index (χ1n) is 6.06.